The summed E-state index contributed by atoms with van der Waals surface area (Å²) in [4.78, 5) is 11.9. The quantitative estimate of drug-likeness (QED) is 0.782. The fourth-order valence-corrected chi connectivity index (χ4v) is 1.97. The zero-order valence-corrected chi connectivity index (χ0v) is 9.43. The van der Waals surface area contributed by atoms with Gasteiger partial charge in [-0.2, -0.15) is 5.10 Å². The molecule has 2 rings (SSSR count). The maximum atomic E-state index is 11.9. The lowest BCUT2D eigenvalue weighted by Gasteiger charge is -2.10. The van der Waals surface area contributed by atoms with Gasteiger partial charge >= 0.3 is 0 Å². The van der Waals surface area contributed by atoms with E-state index in [0.717, 1.165) is 18.5 Å². The molecule has 1 fully saturated rings. The van der Waals surface area contributed by atoms with Gasteiger partial charge in [-0.1, -0.05) is 0 Å². The number of ketones is 1. The predicted molar refractivity (Wildman–Crippen MR) is 58.9 cm³/mol. The molecule has 0 amide bonds. The van der Waals surface area contributed by atoms with Crippen LogP contribution in [0.1, 0.15) is 18.5 Å². The average molecular weight is 223 g/mol. The van der Waals surface area contributed by atoms with Gasteiger partial charge in [0.15, 0.2) is 5.78 Å². The molecule has 2 N–H and O–H groups in total. The summed E-state index contributed by atoms with van der Waals surface area (Å²) in [5.74, 6) is 0.106. The lowest BCUT2D eigenvalue weighted by Crippen LogP contribution is -2.26. The Morgan fingerprint density at radius 3 is 3.06 bits per heavy atom. The van der Waals surface area contributed by atoms with Crippen molar-refractivity contribution < 1.29 is 9.53 Å². The summed E-state index contributed by atoms with van der Waals surface area (Å²) in [5.41, 5.74) is 6.30. The van der Waals surface area contributed by atoms with E-state index in [1.807, 2.05) is 19.3 Å². The molecule has 0 radical (unpaired) electrons. The highest BCUT2D eigenvalue weighted by Crippen LogP contribution is 2.20. The monoisotopic (exact) mass is 223 g/mol. The van der Waals surface area contributed by atoms with Crippen LogP contribution in [-0.2, 0) is 23.0 Å². The highest BCUT2D eigenvalue weighted by Gasteiger charge is 2.29. The number of nitrogens with two attached hydrogens (primary N) is 1. The molecular formula is C11H17N3O2. The topological polar surface area (TPSA) is 70.1 Å². The Bertz CT molecular complexity index is 375. The normalized spacial score (nSPS) is 24.9. The summed E-state index contributed by atoms with van der Waals surface area (Å²) in [7, 11) is 1.84. The number of ether oxygens (including phenoxy) is 1. The molecule has 16 heavy (non-hydrogen) atoms. The number of carbonyl (C=O) groups is 1. The number of aryl methyl sites for hydroxylation is 1. The van der Waals surface area contributed by atoms with Crippen molar-refractivity contribution in [3.63, 3.8) is 0 Å². The first-order chi connectivity index (χ1) is 7.69. The van der Waals surface area contributed by atoms with E-state index in [2.05, 4.69) is 5.10 Å². The molecule has 2 unspecified atom stereocenters. The first-order valence-corrected chi connectivity index (χ1v) is 5.56. The van der Waals surface area contributed by atoms with Crippen molar-refractivity contribution in [1.29, 1.82) is 0 Å². The van der Waals surface area contributed by atoms with E-state index >= 15 is 0 Å². The molecule has 2 heterocycles. The Morgan fingerprint density at radius 2 is 2.50 bits per heavy atom. The standard InChI is InChI=1S/C11H17N3O2/c1-14-5-4-8(13-14)6-10(15)11-3-2-9(7-12)16-11/h4-5,9,11H,2-3,6-7,12H2,1H3. The summed E-state index contributed by atoms with van der Waals surface area (Å²) in [6, 6.07) is 1.85. The first-order valence-electron chi connectivity index (χ1n) is 5.56. The van der Waals surface area contributed by atoms with E-state index in [-0.39, 0.29) is 18.0 Å². The van der Waals surface area contributed by atoms with Crippen LogP contribution in [0.3, 0.4) is 0 Å². The minimum Gasteiger partial charge on any atom is -0.366 e. The van der Waals surface area contributed by atoms with E-state index in [9.17, 15) is 4.79 Å². The lowest BCUT2D eigenvalue weighted by molar-refractivity contribution is -0.129. The van der Waals surface area contributed by atoms with Crippen LogP contribution >= 0.6 is 0 Å². The Hall–Kier alpha value is -1.20. The van der Waals surface area contributed by atoms with Crippen molar-refractivity contribution in [2.24, 2.45) is 12.8 Å². The van der Waals surface area contributed by atoms with E-state index in [0.29, 0.717) is 13.0 Å². The van der Waals surface area contributed by atoms with Crippen molar-refractivity contribution in [1.82, 2.24) is 9.78 Å². The number of Topliss-reactive ketones (excluding diaryl/α,β-unsaturated/α-hetero) is 1. The van der Waals surface area contributed by atoms with Gasteiger partial charge in [0, 0.05) is 19.8 Å². The third-order valence-electron chi connectivity index (χ3n) is 2.85. The van der Waals surface area contributed by atoms with Crippen molar-refractivity contribution in [2.45, 2.75) is 31.5 Å². The maximum absolute atomic E-state index is 11.9. The summed E-state index contributed by atoms with van der Waals surface area (Å²) in [5, 5.41) is 4.18. The maximum Gasteiger partial charge on any atom is 0.167 e. The Balaban J connectivity index is 1.89. The number of nitrogens with zero attached hydrogens (tertiary/aromatic N) is 2. The van der Waals surface area contributed by atoms with Crippen molar-refractivity contribution in [3.05, 3.63) is 18.0 Å². The molecule has 1 aromatic rings. The van der Waals surface area contributed by atoms with Gasteiger partial charge in [-0.3, -0.25) is 9.48 Å². The largest absolute Gasteiger partial charge is 0.366 e. The van der Waals surface area contributed by atoms with E-state index < -0.39 is 0 Å². The van der Waals surface area contributed by atoms with Crippen LogP contribution in [0.5, 0.6) is 0 Å². The molecule has 2 atom stereocenters. The SMILES string of the molecule is Cn1ccc(CC(=O)C2CCC(CN)O2)n1. The molecule has 0 aromatic carbocycles. The molecule has 0 aliphatic carbocycles. The molecule has 0 saturated carbocycles. The van der Waals surface area contributed by atoms with Gasteiger partial charge in [0.05, 0.1) is 18.2 Å². The van der Waals surface area contributed by atoms with Crippen LogP contribution in [0.15, 0.2) is 12.3 Å². The third-order valence-corrected chi connectivity index (χ3v) is 2.85. The number of hydrogen-bond donors (Lipinski definition) is 1. The van der Waals surface area contributed by atoms with Crippen LogP contribution in [0.4, 0.5) is 0 Å². The molecule has 0 spiro atoms. The predicted octanol–water partition coefficient (Wildman–Crippen LogP) is 0.0380. The smallest absolute Gasteiger partial charge is 0.167 e. The molecule has 5 nitrogen and oxygen atoms in total. The average Bonchev–Trinajstić information content (AvgIpc) is 2.87. The minimum absolute atomic E-state index is 0.0534. The second kappa shape index (κ2) is 4.76. The Labute approximate surface area is 94.6 Å². The minimum atomic E-state index is -0.282. The zero-order valence-electron chi connectivity index (χ0n) is 9.43. The number of rotatable bonds is 4. The molecule has 1 aromatic heterocycles. The third kappa shape index (κ3) is 2.48. The molecule has 1 aliphatic heterocycles. The second-order valence-corrected chi connectivity index (χ2v) is 4.18. The Kier molecular flexibility index (Phi) is 3.36. The van der Waals surface area contributed by atoms with Gasteiger partial charge in [0.25, 0.3) is 0 Å². The summed E-state index contributed by atoms with van der Waals surface area (Å²) in [6.45, 7) is 0.493. The van der Waals surface area contributed by atoms with Crippen LogP contribution in [-0.4, -0.2) is 34.3 Å². The van der Waals surface area contributed by atoms with Gasteiger partial charge in [0.1, 0.15) is 6.10 Å². The van der Waals surface area contributed by atoms with Gasteiger partial charge in [-0.05, 0) is 18.9 Å². The number of hydrogen-bond acceptors (Lipinski definition) is 4. The van der Waals surface area contributed by atoms with E-state index in [4.69, 9.17) is 10.5 Å². The van der Waals surface area contributed by atoms with Crippen LogP contribution < -0.4 is 5.73 Å². The fourth-order valence-electron chi connectivity index (χ4n) is 1.97. The van der Waals surface area contributed by atoms with Gasteiger partial charge in [0.2, 0.25) is 0 Å². The summed E-state index contributed by atoms with van der Waals surface area (Å²) < 4.78 is 7.24. The summed E-state index contributed by atoms with van der Waals surface area (Å²) >= 11 is 0. The van der Waals surface area contributed by atoms with Crippen LogP contribution in [0, 0.1) is 0 Å². The van der Waals surface area contributed by atoms with Gasteiger partial charge < -0.3 is 10.5 Å². The molecule has 0 bridgehead atoms. The van der Waals surface area contributed by atoms with Crippen LogP contribution in [0.25, 0.3) is 0 Å². The van der Waals surface area contributed by atoms with Gasteiger partial charge in [-0.25, -0.2) is 0 Å². The zero-order chi connectivity index (χ0) is 11.5. The highest BCUT2D eigenvalue weighted by molar-refractivity contribution is 5.85. The lowest BCUT2D eigenvalue weighted by atomic mass is 10.1. The first kappa shape index (κ1) is 11.3. The van der Waals surface area contributed by atoms with Crippen LogP contribution in [0.2, 0.25) is 0 Å². The fraction of sp³-hybridized carbons (Fsp3) is 0.636. The molecule has 5 heteroatoms. The van der Waals surface area contributed by atoms with Crippen molar-refractivity contribution >= 4 is 5.78 Å². The highest BCUT2D eigenvalue weighted by atomic mass is 16.5. The van der Waals surface area contributed by atoms with Crippen molar-refractivity contribution in [2.75, 3.05) is 6.54 Å². The Morgan fingerprint density at radius 1 is 1.69 bits per heavy atom. The molecule has 1 aliphatic rings. The van der Waals surface area contributed by atoms with E-state index in [1.165, 1.54) is 0 Å². The van der Waals surface area contributed by atoms with E-state index in [1.54, 1.807) is 4.68 Å². The van der Waals surface area contributed by atoms with Crippen molar-refractivity contribution in [3.8, 4) is 0 Å². The molecule has 88 valence electrons. The number of aromatic nitrogens is 2. The van der Waals surface area contributed by atoms with Gasteiger partial charge in [-0.15, -0.1) is 0 Å². The molecule has 1 saturated heterocycles. The number of carbonyl (C=O) groups excluding carboxylic acids is 1. The molecular weight excluding hydrogens is 206 g/mol. The summed E-state index contributed by atoms with van der Waals surface area (Å²) in [6.07, 6.45) is 3.62. The second-order valence-electron chi connectivity index (χ2n) is 4.18.